The second-order valence-electron chi connectivity index (χ2n) is 3.90. The zero-order valence-electron chi connectivity index (χ0n) is 10.1. The first-order chi connectivity index (χ1) is 8.79. The number of nitrogens with zero attached hydrogens (tertiary/aromatic N) is 2. The molecule has 1 aliphatic heterocycles. The van der Waals surface area contributed by atoms with Gasteiger partial charge in [-0.25, -0.2) is 0 Å². The summed E-state index contributed by atoms with van der Waals surface area (Å²) in [4.78, 5) is 11.6. The van der Waals surface area contributed by atoms with E-state index in [0.29, 0.717) is 10.9 Å². The first-order valence-electron chi connectivity index (χ1n) is 5.91. The molecule has 0 spiro atoms. The van der Waals surface area contributed by atoms with E-state index in [1.165, 1.54) is 18.0 Å². The summed E-state index contributed by atoms with van der Waals surface area (Å²) in [5, 5.41) is 11.1. The third-order valence-corrected chi connectivity index (χ3v) is 3.61. The van der Waals surface area contributed by atoms with Gasteiger partial charge in [-0.3, -0.25) is 4.79 Å². The number of rotatable bonds is 5. The molecule has 0 saturated carbocycles. The molecule has 0 unspecified atom stereocenters. The van der Waals surface area contributed by atoms with Crippen LogP contribution in [0.5, 0.6) is 0 Å². The van der Waals surface area contributed by atoms with Crippen LogP contribution in [0.25, 0.3) is 0 Å². The van der Waals surface area contributed by atoms with E-state index in [1.807, 2.05) is 0 Å². The lowest BCUT2D eigenvalue weighted by molar-refractivity contribution is -0.118. The van der Waals surface area contributed by atoms with Crippen LogP contribution in [0.3, 0.4) is 0 Å². The predicted octanol–water partition coefficient (Wildman–Crippen LogP) is 2.39. The molecule has 2 rings (SSSR count). The van der Waals surface area contributed by atoms with Gasteiger partial charge in [0.05, 0.1) is 17.7 Å². The molecule has 1 atom stereocenters. The van der Waals surface area contributed by atoms with Crippen molar-refractivity contribution in [2.75, 3.05) is 0 Å². The fourth-order valence-electron chi connectivity index (χ4n) is 1.53. The van der Waals surface area contributed by atoms with Gasteiger partial charge in [-0.2, -0.15) is 5.10 Å². The van der Waals surface area contributed by atoms with Crippen molar-refractivity contribution in [3.8, 4) is 0 Å². The molecule has 1 saturated heterocycles. The maximum absolute atomic E-state index is 11.6. The molecule has 18 heavy (non-hydrogen) atoms. The highest BCUT2D eigenvalue weighted by atomic mass is 32.2. The number of unbranched alkanes of at least 4 members (excludes halogenated alkanes) is 1. The molecule has 0 radical (unpaired) electrons. The Morgan fingerprint density at radius 3 is 3.22 bits per heavy atom. The van der Waals surface area contributed by atoms with Crippen LogP contribution in [0, 0.1) is 0 Å². The van der Waals surface area contributed by atoms with Gasteiger partial charge in [0, 0.05) is 0 Å². The Hall–Kier alpha value is -1.56. The van der Waals surface area contributed by atoms with Crippen molar-refractivity contribution in [2.24, 2.45) is 10.2 Å². The first-order valence-corrected chi connectivity index (χ1v) is 6.79. The standard InChI is InChI=1S/C12H15N3O2S/c1-2-3-6-10-11(16)14-12(18-10)15-13-8-9-5-4-7-17-9/h4-5,7-8,10H,2-3,6H2,1H3,(H,14,15,16)/b13-8-/t10-/m1/s1. The number of thioether (sulfide) groups is 1. The summed E-state index contributed by atoms with van der Waals surface area (Å²) in [6.07, 6.45) is 6.11. The van der Waals surface area contributed by atoms with Crippen LogP contribution in [0.4, 0.5) is 0 Å². The molecule has 1 aromatic rings. The Labute approximate surface area is 110 Å². The Kier molecular flexibility index (Phi) is 4.58. The van der Waals surface area contributed by atoms with Gasteiger partial charge < -0.3 is 9.73 Å². The lowest BCUT2D eigenvalue weighted by Gasteiger charge is -2.01. The van der Waals surface area contributed by atoms with E-state index >= 15 is 0 Å². The lowest BCUT2D eigenvalue weighted by Crippen LogP contribution is -2.24. The van der Waals surface area contributed by atoms with Crippen molar-refractivity contribution in [3.63, 3.8) is 0 Å². The van der Waals surface area contributed by atoms with Crippen LogP contribution in [0.15, 0.2) is 33.0 Å². The fourth-order valence-corrected chi connectivity index (χ4v) is 2.51. The van der Waals surface area contributed by atoms with Gasteiger partial charge in [0.25, 0.3) is 0 Å². The third-order valence-electron chi connectivity index (χ3n) is 2.47. The van der Waals surface area contributed by atoms with E-state index < -0.39 is 0 Å². The van der Waals surface area contributed by atoms with Crippen molar-refractivity contribution < 1.29 is 9.21 Å². The Bertz CT molecular complexity index is 454. The predicted molar refractivity (Wildman–Crippen MR) is 72.8 cm³/mol. The molecule has 2 heterocycles. The largest absolute Gasteiger partial charge is 0.463 e. The summed E-state index contributed by atoms with van der Waals surface area (Å²) in [6.45, 7) is 2.11. The Morgan fingerprint density at radius 2 is 2.50 bits per heavy atom. The molecule has 5 nitrogen and oxygen atoms in total. The average molecular weight is 265 g/mol. The highest BCUT2D eigenvalue weighted by Crippen LogP contribution is 2.23. The molecular weight excluding hydrogens is 250 g/mol. The maximum atomic E-state index is 11.6. The fraction of sp³-hybridized carbons (Fsp3) is 0.417. The summed E-state index contributed by atoms with van der Waals surface area (Å²) in [5.74, 6) is 0.664. The van der Waals surface area contributed by atoms with Crippen LogP contribution < -0.4 is 5.32 Å². The number of amides is 1. The van der Waals surface area contributed by atoms with Crippen LogP contribution in [0.1, 0.15) is 31.9 Å². The van der Waals surface area contributed by atoms with E-state index in [4.69, 9.17) is 4.42 Å². The van der Waals surface area contributed by atoms with Crippen molar-refractivity contribution in [1.82, 2.24) is 5.32 Å². The summed E-state index contributed by atoms with van der Waals surface area (Å²) < 4.78 is 5.08. The molecule has 0 aromatic carbocycles. The minimum absolute atomic E-state index is 0.0255. The zero-order valence-corrected chi connectivity index (χ0v) is 10.9. The van der Waals surface area contributed by atoms with E-state index in [9.17, 15) is 4.79 Å². The molecule has 6 heteroatoms. The van der Waals surface area contributed by atoms with Gasteiger partial charge in [-0.15, -0.1) is 5.10 Å². The highest BCUT2D eigenvalue weighted by molar-refractivity contribution is 8.15. The summed E-state index contributed by atoms with van der Waals surface area (Å²) in [6, 6.07) is 3.56. The van der Waals surface area contributed by atoms with Crippen LogP contribution >= 0.6 is 11.8 Å². The van der Waals surface area contributed by atoms with Crippen LogP contribution in [-0.4, -0.2) is 22.5 Å². The first kappa shape index (κ1) is 12.9. The van der Waals surface area contributed by atoms with Crippen LogP contribution in [0.2, 0.25) is 0 Å². The molecule has 1 fully saturated rings. The number of furan rings is 1. The topological polar surface area (TPSA) is 67.0 Å². The van der Waals surface area contributed by atoms with E-state index in [0.717, 1.165) is 19.3 Å². The zero-order chi connectivity index (χ0) is 12.8. The smallest absolute Gasteiger partial charge is 0.239 e. The minimum atomic E-state index is -0.0255. The number of carbonyl (C=O) groups excluding carboxylic acids is 1. The van der Waals surface area contributed by atoms with Crippen molar-refractivity contribution >= 4 is 29.1 Å². The number of hydrogen-bond donors (Lipinski definition) is 1. The van der Waals surface area contributed by atoms with Gasteiger partial charge in [-0.1, -0.05) is 31.5 Å². The quantitative estimate of drug-likeness (QED) is 0.656. The molecule has 1 N–H and O–H groups in total. The molecule has 0 aliphatic carbocycles. The normalized spacial score (nSPS) is 21.9. The SMILES string of the molecule is CCCC[C@H]1S/C(=N\N=C/c2ccco2)NC1=O. The minimum Gasteiger partial charge on any atom is -0.463 e. The molecular formula is C12H15N3O2S. The summed E-state index contributed by atoms with van der Waals surface area (Å²) in [5.41, 5.74) is 0. The van der Waals surface area contributed by atoms with Gasteiger partial charge in [0.1, 0.15) is 5.76 Å². The second kappa shape index (κ2) is 6.39. The van der Waals surface area contributed by atoms with E-state index in [2.05, 4.69) is 22.4 Å². The summed E-state index contributed by atoms with van der Waals surface area (Å²) in [7, 11) is 0. The highest BCUT2D eigenvalue weighted by Gasteiger charge is 2.29. The van der Waals surface area contributed by atoms with Crippen LogP contribution in [-0.2, 0) is 4.79 Å². The van der Waals surface area contributed by atoms with Gasteiger partial charge >= 0.3 is 0 Å². The average Bonchev–Trinajstić information content (AvgIpc) is 2.97. The number of carbonyl (C=O) groups is 1. The summed E-state index contributed by atoms with van der Waals surface area (Å²) >= 11 is 1.44. The maximum Gasteiger partial charge on any atom is 0.239 e. The second-order valence-corrected chi connectivity index (χ2v) is 5.09. The molecule has 96 valence electrons. The lowest BCUT2D eigenvalue weighted by atomic mass is 10.2. The van der Waals surface area contributed by atoms with Gasteiger partial charge in [0.15, 0.2) is 5.17 Å². The van der Waals surface area contributed by atoms with E-state index in [1.54, 1.807) is 18.4 Å². The third kappa shape index (κ3) is 3.46. The van der Waals surface area contributed by atoms with Crippen molar-refractivity contribution in [3.05, 3.63) is 24.2 Å². The van der Waals surface area contributed by atoms with Gasteiger partial charge in [-0.05, 0) is 18.6 Å². The van der Waals surface area contributed by atoms with Gasteiger partial charge in [0.2, 0.25) is 5.91 Å². The molecule has 1 aromatic heterocycles. The van der Waals surface area contributed by atoms with E-state index in [-0.39, 0.29) is 11.2 Å². The molecule has 1 amide bonds. The molecule has 1 aliphatic rings. The Balaban J connectivity index is 1.89. The van der Waals surface area contributed by atoms with Crippen molar-refractivity contribution in [1.29, 1.82) is 0 Å². The number of nitrogens with one attached hydrogen (secondary N) is 1. The van der Waals surface area contributed by atoms with Crippen molar-refractivity contribution in [2.45, 2.75) is 31.4 Å². The number of amidine groups is 1. The number of hydrogen-bond acceptors (Lipinski definition) is 5. The molecule has 0 bridgehead atoms. The monoisotopic (exact) mass is 265 g/mol. The Morgan fingerprint density at radius 1 is 1.61 bits per heavy atom.